The van der Waals surface area contributed by atoms with Gasteiger partial charge >= 0.3 is 0 Å². The number of halogens is 1. The van der Waals surface area contributed by atoms with Crippen LogP contribution >= 0.6 is 11.6 Å². The van der Waals surface area contributed by atoms with Gasteiger partial charge in [0, 0.05) is 44.0 Å². The molecule has 7 nitrogen and oxygen atoms in total. The number of phenolic OH excluding ortho intramolecular Hbond substituents is 2. The summed E-state index contributed by atoms with van der Waals surface area (Å²) in [7, 11) is 0. The van der Waals surface area contributed by atoms with Gasteiger partial charge in [-0.2, -0.15) is 5.10 Å². The van der Waals surface area contributed by atoms with Crippen LogP contribution in [0.2, 0.25) is 5.02 Å². The van der Waals surface area contributed by atoms with E-state index >= 15 is 0 Å². The molecular weight excluding hydrogens is 428 g/mol. The normalized spacial score (nSPS) is 15.9. The number of amides is 1. The topological polar surface area (TPSA) is 90.6 Å². The minimum atomic E-state index is -0.289. The van der Waals surface area contributed by atoms with E-state index in [1.54, 1.807) is 4.90 Å². The first-order valence-corrected chi connectivity index (χ1v) is 11.2. The maximum atomic E-state index is 13.2. The summed E-state index contributed by atoms with van der Waals surface area (Å²) in [5, 5.41) is 27.6. The molecule has 1 aromatic heterocycles. The van der Waals surface area contributed by atoms with Crippen LogP contribution < -0.4 is 5.32 Å². The predicted octanol–water partition coefficient (Wildman–Crippen LogP) is 4.23. The predicted molar refractivity (Wildman–Crippen MR) is 123 cm³/mol. The molecule has 1 amide bonds. The Labute approximate surface area is 192 Å². The Kier molecular flexibility index (Phi) is 6.67. The van der Waals surface area contributed by atoms with E-state index in [-0.39, 0.29) is 34.0 Å². The molecule has 168 valence electrons. The minimum Gasteiger partial charge on any atom is -0.507 e. The number of rotatable bonds is 7. The van der Waals surface area contributed by atoms with Crippen molar-refractivity contribution in [2.45, 2.75) is 45.4 Å². The summed E-state index contributed by atoms with van der Waals surface area (Å²) in [6.45, 7) is 4.96. The Hall–Kier alpha value is -3.03. The molecule has 1 saturated heterocycles. The standard InChI is InChI=1S/C24H27ClN4O3/c1-2-28-15-17(14-27-28)13-26-12-16-5-3-6-18(9-16)21-7-4-8-29(21)24(32)19-10-20(25)23(31)11-22(19)30/h3,5-6,9-11,14-15,21,26,30-31H,2,4,7-8,12-13H2,1H3. The van der Waals surface area contributed by atoms with Crippen molar-refractivity contribution in [1.82, 2.24) is 20.0 Å². The first-order chi connectivity index (χ1) is 15.5. The zero-order valence-corrected chi connectivity index (χ0v) is 18.7. The Morgan fingerprint density at radius 1 is 1.19 bits per heavy atom. The molecule has 1 atom stereocenters. The van der Waals surface area contributed by atoms with E-state index < -0.39 is 0 Å². The van der Waals surface area contributed by atoms with Crippen LogP contribution in [0.4, 0.5) is 0 Å². The van der Waals surface area contributed by atoms with Crippen molar-refractivity contribution in [2.24, 2.45) is 0 Å². The van der Waals surface area contributed by atoms with Crippen molar-refractivity contribution >= 4 is 17.5 Å². The van der Waals surface area contributed by atoms with Crippen molar-refractivity contribution in [3.8, 4) is 11.5 Å². The van der Waals surface area contributed by atoms with Crippen molar-refractivity contribution in [3.05, 3.63) is 76.1 Å². The van der Waals surface area contributed by atoms with E-state index in [2.05, 4.69) is 29.5 Å². The second kappa shape index (κ2) is 9.63. The fourth-order valence-electron chi connectivity index (χ4n) is 4.17. The molecule has 3 N–H and O–H groups in total. The lowest BCUT2D eigenvalue weighted by atomic mass is 10.0. The molecule has 4 rings (SSSR count). The summed E-state index contributed by atoms with van der Waals surface area (Å²) in [5.74, 6) is -0.809. The molecule has 3 aromatic rings. The molecule has 32 heavy (non-hydrogen) atoms. The fraction of sp³-hybridized carbons (Fsp3) is 0.333. The third-order valence-electron chi connectivity index (χ3n) is 5.81. The smallest absolute Gasteiger partial charge is 0.258 e. The van der Waals surface area contributed by atoms with E-state index in [9.17, 15) is 15.0 Å². The van der Waals surface area contributed by atoms with Crippen molar-refractivity contribution in [3.63, 3.8) is 0 Å². The number of nitrogens with one attached hydrogen (secondary N) is 1. The van der Waals surface area contributed by atoms with Crippen LogP contribution in [-0.4, -0.2) is 37.3 Å². The van der Waals surface area contributed by atoms with Gasteiger partial charge in [-0.15, -0.1) is 0 Å². The Morgan fingerprint density at radius 3 is 2.78 bits per heavy atom. The number of benzene rings is 2. The molecule has 0 aliphatic carbocycles. The SMILES string of the molecule is CCn1cc(CNCc2cccc(C3CCCN3C(=O)c3cc(Cl)c(O)cc3O)c2)cn1. The van der Waals surface area contributed by atoms with Crippen LogP contribution in [0.15, 0.2) is 48.8 Å². The number of phenols is 2. The lowest BCUT2D eigenvalue weighted by Crippen LogP contribution is -2.30. The first-order valence-electron chi connectivity index (χ1n) is 10.8. The monoisotopic (exact) mass is 454 g/mol. The molecule has 1 unspecified atom stereocenters. The third kappa shape index (κ3) is 4.74. The lowest BCUT2D eigenvalue weighted by molar-refractivity contribution is 0.0732. The van der Waals surface area contributed by atoms with Crippen LogP contribution in [0.3, 0.4) is 0 Å². The maximum absolute atomic E-state index is 13.2. The molecule has 8 heteroatoms. The highest BCUT2D eigenvalue weighted by atomic mass is 35.5. The number of aromatic hydroxyl groups is 2. The van der Waals surface area contributed by atoms with Gasteiger partial charge in [-0.1, -0.05) is 35.9 Å². The summed E-state index contributed by atoms with van der Waals surface area (Å²) in [5.41, 5.74) is 3.45. The number of nitrogens with zero attached hydrogens (tertiary/aromatic N) is 3. The van der Waals surface area contributed by atoms with Crippen LogP contribution in [0.25, 0.3) is 0 Å². The highest BCUT2D eigenvalue weighted by molar-refractivity contribution is 6.32. The molecule has 0 saturated carbocycles. The van der Waals surface area contributed by atoms with Gasteiger partial charge in [-0.3, -0.25) is 9.48 Å². The average Bonchev–Trinajstić information content (AvgIpc) is 3.46. The van der Waals surface area contributed by atoms with Gasteiger partial charge in [0.25, 0.3) is 5.91 Å². The van der Waals surface area contributed by atoms with Gasteiger partial charge in [-0.25, -0.2) is 0 Å². The maximum Gasteiger partial charge on any atom is 0.258 e. The molecule has 1 aliphatic heterocycles. The zero-order valence-electron chi connectivity index (χ0n) is 18.0. The largest absolute Gasteiger partial charge is 0.507 e. The van der Waals surface area contributed by atoms with Crippen molar-refractivity contribution < 1.29 is 15.0 Å². The summed E-state index contributed by atoms with van der Waals surface area (Å²) in [6, 6.07) is 10.6. The average molecular weight is 455 g/mol. The highest BCUT2D eigenvalue weighted by Crippen LogP contribution is 2.37. The molecule has 2 aromatic carbocycles. The Morgan fingerprint density at radius 2 is 2.00 bits per heavy atom. The first kappa shape index (κ1) is 22.2. The molecule has 0 spiro atoms. The van der Waals surface area contributed by atoms with E-state index in [1.807, 2.05) is 29.2 Å². The number of likely N-dealkylation sites (tertiary alicyclic amines) is 1. The van der Waals surface area contributed by atoms with E-state index in [0.717, 1.165) is 48.7 Å². The molecule has 0 bridgehead atoms. The van der Waals surface area contributed by atoms with Gasteiger partial charge in [0.05, 0.1) is 22.8 Å². The summed E-state index contributed by atoms with van der Waals surface area (Å²) >= 11 is 5.97. The number of carbonyl (C=O) groups excluding carboxylic acids is 1. The number of hydrogen-bond acceptors (Lipinski definition) is 5. The highest BCUT2D eigenvalue weighted by Gasteiger charge is 2.32. The molecule has 1 aliphatic rings. The fourth-order valence-corrected chi connectivity index (χ4v) is 4.33. The van der Waals surface area contributed by atoms with Crippen LogP contribution in [0.1, 0.15) is 52.9 Å². The van der Waals surface area contributed by atoms with Gasteiger partial charge < -0.3 is 20.4 Å². The second-order valence-corrected chi connectivity index (χ2v) is 8.44. The molecule has 1 fully saturated rings. The van der Waals surface area contributed by atoms with E-state index in [1.165, 1.54) is 6.07 Å². The zero-order chi connectivity index (χ0) is 22.7. The summed E-state index contributed by atoms with van der Waals surface area (Å²) in [6.07, 6.45) is 5.65. The molecule has 2 heterocycles. The second-order valence-electron chi connectivity index (χ2n) is 8.03. The van der Waals surface area contributed by atoms with Crippen LogP contribution in [0, 0.1) is 0 Å². The van der Waals surface area contributed by atoms with Crippen LogP contribution in [-0.2, 0) is 19.6 Å². The minimum absolute atomic E-state index is 0.0412. The van der Waals surface area contributed by atoms with Crippen molar-refractivity contribution in [1.29, 1.82) is 0 Å². The van der Waals surface area contributed by atoms with Crippen LogP contribution in [0.5, 0.6) is 11.5 Å². The number of hydrogen-bond donors (Lipinski definition) is 3. The molecular formula is C24H27ClN4O3. The Bertz CT molecular complexity index is 1110. The van der Waals surface area contributed by atoms with Gasteiger partial charge in [-0.05, 0) is 37.0 Å². The summed E-state index contributed by atoms with van der Waals surface area (Å²) < 4.78 is 1.91. The van der Waals surface area contributed by atoms with Gasteiger partial charge in [0.1, 0.15) is 11.5 Å². The number of carbonyl (C=O) groups is 1. The third-order valence-corrected chi connectivity index (χ3v) is 6.12. The van der Waals surface area contributed by atoms with Gasteiger partial charge in [0.15, 0.2) is 0 Å². The lowest BCUT2D eigenvalue weighted by Gasteiger charge is -2.26. The number of aryl methyl sites for hydroxylation is 1. The van der Waals surface area contributed by atoms with E-state index in [4.69, 9.17) is 11.6 Å². The van der Waals surface area contributed by atoms with Gasteiger partial charge in [0.2, 0.25) is 0 Å². The molecule has 0 radical (unpaired) electrons. The Balaban J connectivity index is 1.45. The van der Waals surface area contributed by atoms with Crippen molar-refractivity contribution in [2.75, 3.05) is 6.54 Å². The number of aromatic nitrogens is 2. The van der Waals surface area contributed by atoms with E-state index in [0.29, 0.717) is 13.1 Å². The summed E-state index contributed by atoms with van der Waals surface area (Å²) in [4.78, 5) is 14.9. The quantitative estimate of drug-likeness (QED) is 0.497.